The van der Waals surface area contributed by atoms with Crippen molar-refractivity contribution in [2.45, 2.75) is 37.8 Å². The highest BCUT2D eigenvalue weighted by Crippen LogP contribution is 2.55. The van der Waals surface area contributed by atoms with E-state index in [-0.39, 0.29) is 23.8 Å². The van der Waals surface area contributed by atoms with E-state index in [1.165, 1.54) is 4.90 Å². The molecule has 0 radical (unpaired) electrons. The number of thioether (sulfide) groups is 1. The molecule has 1 N–H and O–H groups in total. The summed E-state index contributed by atoms with van der Waals surface area (Å²) in [7, 11) is 0. The predicted molar refractivity (Wildman–Crippen MR) is 119 cm³/mol. The fourth-order valence-electron chi connectivity index (χ4n) is 5.35. The highest BCUT2D eigenvalue weighted by molar-refractivity contribution is 7.98. The number of likely N-dealkylation sites (tertiary alicyclic amines) is 1. The van der Waals surface area contributed by atoms with Crippen LogP contribution in [-0.4, -0.2) is 53.8 Å². The van der Waals surface area contributed by atoms with E-state index in [1.807, 2.05) is 37.4 Å². The maximum atomic E-state index is 13.8. The van der Waals surface area contributed by atoms with Gasteiger partial charge in [-0.2, -0.15) is 11.8 Å². The first-order valence-corrected chi connectivity index (χ1v) is 12.1. The van der Waals surface area contributed by atoms with E-state index in [0.717, 1.165) is 36.3 Å². The average molecular weight is 428 g/mol. The minimum atomic E-state index is -1.18. The molecule has 0 aromatic heterocycles. The van der Waals surface area contributed by atoms with E-state index in [0.29, 0.717) is 13.1 Å². The van der Waals surface area contributed by atoms with E-state index in [4.69, 9.17) is 0 Å². The number of imide groups is 1. The van der Waals surface area contributed by atoms with Crippen molar-refractivity contribution >= 4 is 35.2 Å². The Morgan fingerprint density at radius 1 is 1.20 bits per heavy atom. The first-order chi connectivity index (χ1) is 14.5. The highest BCUT2D eigenvalue weighted by atomic mass is 32.2. The molecule has 3 aliphatic rings. The minimum Gasteiger partial charge on any atom is -0.306 e. The first-order valence-electron chi connectivity index (χ1n) is 10.7. The molecule has 1 aromatic rings. The van der Waals surface area contributed by atoms with Crippen molar-refractivity contribution in [1.82, 2.24) is 10.2 Å². The smallest absolute Gasteiger partial charge is 0.253 e. The molecule has 2 saturated heterocycles. The summed E-state index contributed by atoms with van der Waals surface area (Å²) >= 11 is 1.71. The molecule has 0 saturated carbocycles. The second kappa shape index (κ2) is 8.19. The molecule has 6 nitrogen and oxygen atoms in total. The third-order valence-electron chi connectivity index (χ3n) is 6.64. The number of hydrogen-bond donors (Lipinski definition) is 1. The van der Waals surface area contributed by atoms with E-state index in [2.05, 4.69) is 11.9 Å². The van der Waals surface area contributed by atoms with Gasteiger partial charge in [0.2, 0.25) is 11.8 Å². The third-order valence-corrected chi connectivity index (χ3v) is 7.28. The fourth-order valence-corrected chi connectivity index (χ4v) is 5.84. The summed E-state index contributed by atoms with van der Waals surface area (Å²) in [6, 6.07) is 7.42. The standard InChI is InChI=1S/C23H29N3O3S/c1-4-6-13-26-20(27)18-16(11-14-30-3)24-23(19(18)21(26)28)15-9-7-8-10-17(15)25(12-5-2)22(23)29/h5,7-10,16,18-19,24H,2,4,6,11-14H2,1,3H3/t16-,18-,19-,23+/m0/s1. The van der Waals surface area contributed by atoms with E-state index >= 15 is 0 Å². The number of fused-ring (bicyclic) bond motifs is 4. The van der Waals surface area contributed by atoms with Crippen LogP contribution in [0.3, 0.4) is 0 Å². The maximum absolute atomic E-state index is 13.8. The zero-order valence-electron chi connectivity index (χ0n) is 17.6. The lowest BCUT2D eigenvalue weighted by Crippen LogP contribution is -2.55. The zero-order chi connectivity index (χ0) is 21.5. The molecule has 30 heavy (non-hydrogen) atoms. The fraction of sp³-hybridized carbons (Fsp3) is 0.522. The van der Waals surface area contributed by atoms with Crippen LogP contribution >= 0.6 is 11.8 Å². The number of amides is 3. The Labute approximate surface area is 182 Å². The van der Waals surface area contributed by atoms with Gasteiger partial charge < -0.3 is 4.90 Å². The van der Waals surface area contributed by atoms with Crippen LogP contribution in [0.4, 0.5) is 5.69 Å². The van der Waals surface area contributed by atoms with Crippen molar-refractivity contribution in [3.05, 3.63) is 42.5 Å². The molecule has 4 rings (SSSR count). The van der Waals surface area contributed by atoms with Crippen LogP contribution < -0.4 is 10.2 Å². The van der Waals surface area contributed by atoms with Crippen molar-refractivity contribution < 1.29 is 14.4 Å². The summed E-state index contributed by atoms with van der Waals surface area (Å²) < 4.78 is 0. The van der Waals surface area contributed by atoms with Crippen molar-refractivity contribution in [3.63, 3.8) is 0 Å². The van der Waals surface area contributed by atoms with E-state index in [1.54, 1.807) is 22.7 Å². The molecule has 7 heteroatoms. The SMILES string of the molecule is C=CCN1C(=O)[C@@]2(N[C@@H](CCSC)[C@@H]3C(=O)N(CCCC)C(=O)[C@H]32)c2ccccc21. The van der Waals surface area contributed by atoms with Gasteiger partial charge in [-0.25, -0.2) is 0 Å². The van der Waals surface area contributed by atoms with Crippen LogP contribution in [0.25, 0.3) is 0 Å². The first kappa shape index (κ1) is 21.1. The molecule has 0 unspecified atom stereocenters. The van der Waals surface area contributed by atoms with Gasteiger partial charge in [0.25, 0.3) is 5.91 Å². The quantitative estimate of drug-likeness (QED) is 0.510. The average Bonchev–Trinajstić information content (AvgIpc) is 3.31. The van der Waals surface area contributed by atoms with Crippen LogP contribution in [-0.2, 0) is 19.9 Å². The molecule has 3 aliphatic heterocycles. The molecule has 160 valence electrons. The molecule has 0 bridgehead atoms. The summed E-state index contributed by atoms with van der Waals surface area (Å²) in [6.07, 6.45) is 6.14. The number of anilines is 1. The number of carbonyl (C=O) groups excluding carboxylic acids is 3. The molecular weight excluding hydrogens is 398 g/mol. The Morgan fingerprint density at radius 3 is 2.67 bits per heavy atom. The summed E-state index contributed by atoms with van der Waals surface area (Å²) in [5.74, 6) is -0.815. The van der Waals surface area contributed by atoms with Gasteiger partial charge in [0.05, 0.1) is 11.8 Å². The molecule has 1 spiro atoms. The summed E-state index contributed by atoms with van der Waals surface area (Å²) in [5, 5.41) is 3.53. The molecule has 3 amide bonds. The van der Waals surface area contributed by atoms with Gasteiger partial charge >= 0.3 is 0 Å². The second-order valence-electron chi connectivity index (χ2n) is 8.25. The Bertz CT molecular complexity index is 888. The van der Waals surface area contributed by atoms with Gasteiger partial charge in [-0.05, 0) is 30.9 Å². The van der Waals surface area contributed by atoms with Crippen LogP contribution in [0.2, 0.25) is 0 Å². The highest BCUT2D eigenvalue weighted by Gasteiger charge is 2.71. The number of carbonyl (C=O) groups is 3. The third kappa shape index (κ3) is 2.86. The number of para-hydroxylation sites is 1. The molecule has 3 heterocycles. The monoisotopic (exact) mass is 427 g/mol. The maximum Gasteiger partial charge on any atom is 0.253 e. The second-order valence-corrected chi connectivity index (χ2v) is 9.23. The lowest BCUT2D eigenvalue weighted by Gasteiger charge is -2.30. The van der Waals surface area contributed by atoms with Gasteiger partial charge in [-0.15, -0.1) is 6.58 Å². The lowest BCUT2D eigenvalue weighted by molar-refractivity contribution is -0.143. The molecule has 1 aromatic carbocycles. The summed E-state index contributed by atoms with van der Waals surface area (Å²) in [5.41, 5.74) is 0.421. The zero-order valence-corrected chi connectivity index (χ0v) is 18.4. The number of benzene rings is 1. The summed E-state index contributed by atoms with van der Waals surface area (Å²) in [4.78, 5) is 43.9. The van der Waals surface area contributed by atoms with E-state index in [9.17, 15) is 14.4 Å². The van der Waals surface area contributed by atoms with Gasteiger partial charge in [-0.1, -0.05) is 37.6 Å². The van der Waals surface area contributed by atoms with E-state index < -0.39 is 17.4 Å². The molecule has 0 aliphatic carbocycles. The Hall–Kier alpha value is -2.12. The number of hydrogen-bond acceptors (Lipinski definition) is 5. The van der Waals surface area contributed by atoms with Gasteiger partial charge in [0, 0.05) is 30.4 Å². The molecular formula is C23H29N3O3S. The van der Waals surface area contributed by atoms with Gasteiger partial charge in [-0.3, -0.25) is 24.6 Å². The summed E-state index contributed by atoms with van der Waals surface area (Å²) in [6.45, 7) is 6.63. The lowest BCUT2D eigenvalue weighted by atomic mass is 9.76. The minimum absolute atomic E-state index is 0.124. The normalized spacial score (nSPS) is 29.8. The van der Waals surface area contributed by atoms with Crippen molar-refractivity contribution in [2.75, 3.05) is 30.0 Å². The van der Waals surface area contributed by atoms with Crippen LogP contribution in [0.5, 0.6) is 0 Å². The number of unbranched alkanes of at least 4 members (excludes halogenated alkanes) is 1. The predicted octanol–water partition coefficient (Wildman–Crippen LogP) is 2.54. The van der Waals surface area contributed by atoms with Gasteiger partial charge in [0.1, 0.15) is 5.54 Å². The van der Waals surface area contributed by atoms with Crippen LogP contribution in [0, 0.1) is 11.8 Å². The largest absolute Gasteiger partial charge is 0.306 e. The Morgan fingerprint density at radius 2 is 1.97 bits per heavy atom. The van der Waals surface area contributed by atoms with Crippen molar-refractivity contribution in [1.29, 1.82) is 0 Å². The Balaban J connectivity index is 1.83. The van der Waals surface area contributed by atoms with Crippen LogP contribution in [0.15, 0.2) is 36.9 Å². The topological polar surface area (TPSA) is 69.7 Å². The van der Waals surface area contributed by atoms with Crippen molar-refractivity contribution in [3.8, 4) is 0 Å². The number of nitrogens with zero attached hydrogens (tertiary/aromatic N) is 2. The molecule has 2 fully saturated rings. The number of rotatable bonds is 8. The molecule has 4 atom stereocenters. The van der Waals surface area contributed by atoms with Crippen LogP contribution in [0.1, 0.15) is 31.7 Å². The Kier molecular flexibility index (Phi) is 5.77. The number of nitrogens with one attached hydrogen (secondary N) is 1. The van der Waals surface area contributed by atoms with Gasteiger partial charge in [0.15, 0.2) is 0 Å². The van der Waals surface area contributed by atoms with Crippen molar-refractivity contribution in [2.24, 2.45) is 11.8 Å².